The zero-order chi connectivity index (χ0) is 25.3. The number of amides is 1. The molecule has 0 radical (unpaired) electrons. The Balaban J connectivity index is 2.08. The number of benzene rings is 1. The summed E-state index contributed by atoms with van der Waals surface area (Å²) < 4.78 is 19.9. The number of nitrogens with zero attached hydrogens (tertiary/aromatic N) is 3. The minimum Gasteiger partial charge on any atom is -0.494 e. The summed E-state index contributed by atoms with van der Waals surface area (Å²) >= 11 is 0. The summed E-state index contributed by atoms with van der Waals surface area (Å²) in [5, 5.41) is 0. The fraction of sp³-hybridized carbons (Fsp3) is 0.542. The highest BCUT2D eigenvalue weighted by molar-refractivity contribution is 5.96. The Morgan fingerprint density at radius 3 is 2.47 bits per heavy atom. The average molecular weight is 478 g/mol. The van der Waals surface area contributed by atoms with Crippen LogP contribution in [0.25, 0.3) is 0 Å². The van der Waals surface area contributed by atoms with Crippen LogP contribution in [0.2, 0.25) is 0 Å². The molecule has 0 saturated heterocycles. The fourth-order valence-electron chi connectivity index (χ4n) is 3.51. The quantitative estimate of drug-likeness (QED) is 0.429. The molecule has 0 atom stereocenters. The maximum absolute atomic E-state index is 13.2. The maximum Gasteiger partial charge on any atom is 0.330 e. The molecule has 34 heavy (non-hydrogen) atoms. The van der Waals surface area contributed by atoms with Crippen molar-refractivity contribution in [3.63, 3.8) is 0 Å². The SMILES string of the molecule is CCCCN(C(=O)CN(C)CCCOc1ccc(F)cc1)c1c(N)n(CC(C)C)c(=O)[nH]c1=O. The Labute approximate surface area is 199 Å². The van der Waals surface area contributed by atoms with Crippen LogP contribution in [-0.2, 0) is 11.3 Å². The number of unbranched alkanes of at least 4 members (excludes halogenated alkanes) is 1. The van der Waals surface area contributed by atoms with Gasteiger partial charge in [0, 0.05) is 19.6 Å². The first-order chi connectivity index (χ1) is 16.1. The third-order valence-electron chi connectivity index (χ3n) is 5.24. The van der Waals surface area contributed by atoms with Crippen molar-refractivity contribution in [3.05, 3.63) is 50.9 Å². The molecule has 1 amide bonds. The highest BCUT2D eigenvalue weighted by Crippen LogP contribution is 2.19. The van der Waals surface area contributed by atoms with Crippen LogP contribution < -0.4 is 26.6 Å². The van der Waals surface area contributed by atoms with Crippen LogP contribution in [0.15, 0.2) is 33.9 Å². The molecule has 188 valence electrons. The second kappa shape index (κ2) is 12.9. The summed E-state index contributed by atoms with van der Waals surface area (Å²) in [5.41, 5.74) is 5.01. The lowest BCUT2D eigenvalue weighted by atomic mass is 10.2. The minimum atomic E-state index is -0.665. The Hall–Kier alpha value is -3.14. The topological polar surface area (TPSA) is 114 Å². The first-order valence-corrected chi connectivity index (χ1v) is 11.6. The van der Waals surface area contributed by atoms with Crippen molar-refractivity contribution >= 4 is 17.4 Å². The van der Waals surface area contributed by atoms with Crippen LogP contribution in [0.5, 0.6) is 5.75 Å². The van der Waals surface area contributed by atoms with Gasteiger partial charge < -0.3 is 15.4 Å². The largest absolute Gasteiger partial charge is 0.494 e. The van der Waals surface area contributed by atoms with Crippen LogP contribution in [0.3, 0.4) is 0 Å². The molecule has 9 nitrogen and oxygen atoms in total. The first-order valence-electron chi connectivity index (χ1n) is 11.6. The maximum atomic E-state index is 13.2. The Bertz CT molecular complexity index is 1050. The zero-order valence-electron chi connectivity index (χ0n) is 20.5. The van der Waals surface area contributed by atoms with Crippen molar-refractivity contribution in [2.24, 2.45) is 5.92 Å². The van der Waals surface area contributed by atoms with Crippen molar-refractivity contribution in [1.82, 2.24) is 14.5 Å². The molecule has 0 spiro atoms. The third kappa shape index (κ3) is 7.72. The van der Waals surface area contributed by atoms with Gasteiger partial charge in [-0.15, -0.1) is 0 Å². The van der Waals surface area contributed by atoms with Gasteiger partial charge in [-0.1, -0.05) is 27.2 Å². The van der Waals surface area contributed by atoms with Crippen molar-refractivity contribution in [3.8, 4) is 5.75 Å². The summed E-state index contributed by atoms with van der Waals surface area (Å²) in [6.07, 6.45) is 2.16. The van der Waals surface area contributed by atoms with Crippen LogP contribution in [0.4, 0.5) is 15.9 Å². The van der Waals surface area contributed by atoms with Gasteiger partial charge in [0.25, 0.3) is 5.56 Å². The minimum absolute atomic E-state index is 0.00209. The highest BCUT2D eigenvalue weighted by Gasteiger charge is 2.24. The van der Waals surface area contributed by atoms with Crippen molar-refractivity contribution in [1.29, 1.82) is 0 Å². The van der Waals surface area contributed by atoms with Gasteiger partial charge in [0.1, 0.15) is 17.4 Å². The molecule has 1 heterocycles. The second-order valence-electron chi connectivity index (χ2n) is 8.79. The molecular weight excluding hydrogens is 441 g/mol. The monoisotopic (exact) mass is 477 g/mol. The molecule has 0 unspecified atom stereocenters. The zero-order valence-corrected chi connectivity index (χ0v) is 20.5. The highest BCUT2D eigenvalue weighted by atomic mass is 19.1. The van der Waals surface area contributed by atoms with E-state index in [0.717, 1.165) is 6.42 Å². The van der Waals surface area contributed by atoms with E-state index in [-0.39, 0.29) is 35.7 Å². The van der Waals surface area contributed by atoms with Crippen molar-refractivity contribution in [2.45, 2.75) is 46.6 Å². The van der Waals surface area contributed by atoms with Crippen LogP contribution in [0.1, 0.15) is 40.0 Å². The number of carbonyl (C=O) groups excluding carboxylic acids is 1. The molecule has 2 rings (SSSR count). The van der Waals surface area contributed by atoms with Gasteiger partial charge in [0.2, 0.25) is 5.91 Å². The number of halogens is 1. The van der Waals surface area contributed by atoms with Crippen LogP contribution >= 0.6 is 0 Å². The Kier molecular flexibility index (Phi) is 10.3. The molecule has 1 aromatic carbocycles. The summed E-state index contributed by atoms with van der Waals surface area (Å²) in [7, 11) is 1.81. The van der Waals surface area contributed by atoms with E-state index in [9.17, 15) is 18.8 Å². The normalized spacial score (nSPS) is 11.3. The number of nitrogen functional groups attached to an aromatic ring is 1. The van der Waals surface area contributed by atoms with Crippen LogP contribution in [-0.4, -0.2) is 53.6 Å². The Morgan fingerprint density at radius 1 is 1.18 bits per heavy atom. The molecule has 0 aliphatic heterocycles. The van der Waals surface area contributed by atoms with Gasteiger partial charge in [-0.25, -0.2) is 9.18 Å². The number of ether oxygens (including phenoxy) is 1. The lowest BCUT2D eigenvalue weighted by Gasteiger charge is -2.27. The fourth-order valence-corrected chi connectivity index (χ4v) is 3.51. The van der Waals surface area contributed by atoms with E-state index in [1.807, 2.05) is 25.7 Å². The van der Waals surface area contributed by atoms with Gasteiger partial charge in [-0.3, -0.25) is 24.0 Å². The number of aromatic nitrogens is 2. The lowest BCUT2D eigenvalue weighted by molar-refractivity contribution is -0.119. The second-order valence-corrected chi connectivity index (χ2v) is 8.79. The summed E-state index contributed by atoms with van der Waals surface area (Å²) in [6.45, 7) is 7.58. The number of likely N-dealkylation sites (N-methyl/N-ethyl adjacent to an activating group) is 1. The number of hydrogen-bond donors (Lipinski definition) is 2. The van der Waals surface area contributed by atoms with Crippen molar-refractivity contribution < 1.29 is 13.9 Å². The average Bonchev–Trinajstić information content (AvgIpc) is 2.77. The van der Waals surface area contributed by atoms with Crippen LogP contribution in [0, 0.1) is 11.7 Å². The van der Waals surface area contributed by atoms with E-state index >= 15 is 0 Å². The number of hydrogen-bond acceptors (Lipinski definition) is 6. The molecular formula is C24H36FN5O4. The number of nitrogens with one attached hydrogen (secondary N) is 1. The van der Waals surface area contributed by atoms with E-state index in [0.29, 0.717) is 44.8 Å². The molecule has 1 aromatic heterocycles. The Morgan fingerprint density at radius 2 is 1.85 bits per heavy atom. The van der Waals surface area contributed by atoms with Gasteiger partial charge in [0.15, 0.2) is 5.69 Å². The van der Waals surface area contributed by atoms with Gasteiger partial charge >= 0.3 is 5.69 Å². The predicted octanol–water partition coefficient (Wildman–Crippen LogP) is 2.45. The smallest absolute Gasteiger partial charge is 0.330 e. The number of H-pyrrole nitrogens is 1. The summed E-state index contributed by atoms with van der Waals surface area (Å²) in [5.74, 6) is 0.112. The first kappa shape index (κ1) is 27.1. The van der Waals surface area contributed by atoms with Crippen molar-refractivity contribution in [2.75, 3.05) is 43.9 Å². The molecule has 0 aliphatic rings. The summed E-state index contributed by atoms with van der Waals surface area (Å²) in [4.78, 5) is 43.7. The number of rotatable bonds is 13. The molecule has 2 aromatic rings. The molecule has 3 N–H and O–H groups in total. The van der Waals surface area contributed by atoms with E-state index in [4.69, 9.17) is 10.5 Å². The number of anilines is 2. The number of carbonyl (C=O) groups is 1. The van der Waals surface area contributed by atoms with E-state index in [1.165, 1.54) is 21.6 Å². The molecule has 10 heteroatoms. The molecule has 0 saturated carbocycles. The molecule has 0 aliphatic carbocycles. The number of nitrogens with two attached hydrogens (primary N) is 1. The standard InChI is InChI=1S/C24H36FN5O4/c1-5-6-13-29(21-22(26)30(15-17(2)3)24(33)27-23(21)32)20(31)16-28(4)12-7-14-34-19-10-8-18(25)9-11-19/h8-11,17H,5-7,12-16,26H2,1-4H3,(H,27,32,33). The number of aromatic amines is 1. The van der Waals surface area contributed by atoms with E-state index in [2.05, 4.69) is 4.98 Å². The third-order valence-corrected chi connectivity index (χ3v) is 5.24. The summed E-state index contributed by atoms with van der Waals surface area (Å²) in [6, 6.07) is 5.80. The lowest BCUT2D eigenvalue weighted by Crippen LogP contribution is -2.45. The van der Waals surface area contributed by atoms with Gasteiger partial charge in [-0.2, -0.15) is 0 Å². The van der Waals surface area contributed by atoms with E-state index in [1.54, 1.807) is 19.2 Å². The molecule has 0 fully saturated rings. The van der Waals surface area contributed by atoms with Gasteiger partial charge in [-0.05, 0) is 50.1 Å². The predicted molar refractivity (Wildman–Crippen MR) is 132 cm³/mol. The van der Waals surface area contributed by atoms with Gasteiger partial charge in [0.05, 0.1) is 13.2 Å². The molecule has 0 bridgehead atoms. The van der Waals surface area contributed by atoms with E-state index < -0.39 is 11.2 Å².